The average Bonchev–Trinajstić information content (AvgIpc) is 2.58. The van der Waals surface area contributed by atoms with E-state index in [1.54, 1.807) is 0 Å². The summed E-state index contributed by atoms with van der Waals surface area (Å²) >= 11 is 1.81. The maximum absolute atomic E-state index is 5.24. The van der Waals surface area contributed by atoms with Crippen molar-refractivity contribution in [2.24, 2.45) is 0 Å². The second-order valence-electron chi connectivity index (χ2n) is 2.95. The number of hydrogen-bond acceptors (Lipinski definition) is 1. The minimum Gasteiger partial charge on any atom is -0.148 e. The molecule has 0 atom stereocenters. The van der Waals surface area contributed by atoms with Gasteiger partial charge in [-0.05, 0) is 22.6 Å². The highest BCUT2D eigenvalue weighted by atomic mass is 32.1. The Balaban J connectivity index is 2.41. The standard InChI is InChI=1S/C12H10S/c1-2-3-8-12-11-7-5-4-6-10(11)9-13-12/h1,4-7,9H,3,8H2. The van der Waals surface area contributed by atoms with Crippen LogP contribution in [0.4, 0.5) is 0 Å². The van der Waals surface area contributed by atoms with Crippen LogP contribution in [0.15, 0.2) is 29.6 Å². The zero-order valence-corrected chi connectivity index (χ0v) is 8.10. The fraction of sp³-hybridized carbons (Fsp3) is 0.167. The Bertz CT molecular complexity index is 445. The molecule has 0 radical (unpaired) electrons. The zero-order chi connectivity index (χ0) is 9.10. The van der Waals surface area contributed by atoms with Crippen molar-refractivity contribution in [3.05, 3.63) is 34.5 Å². The molecule has 1 aromatic heterocycles. The monoisotopic (exact) mass is 186 g/mol. The summed E-state index contributed by atoms with van der Waals surface area (Å²) in [5.41, 5.74) is 0. The normalized spacial score (nSPS) is 10.1. The maximum Gasteiger partial charge on any atom is 0.0135 e. The number of thiophene rings is 1. The van der Waals surface area contributed by atoms with Gasteiger partial charge in [-0.15, -0.1) is 23.7 Å². The van der Waals surface area contributed by atoms with Gasteiger partial charge in [-0.1, -0.05) is 24.3 Å². The molecule has 0 aliphatic heterocycles. The van der Waals surface area contributed by atoms with Gasteiger partial charge in [0.2, 0.25) is 0 Å². The smallest absolute Gasteiger partial charge is 0.0135 e. The van der Waals surface area contributed by atoms with Gasteiger partial charge in [0, 0.05) is 11.3 Å². The van der Waals surface area contributed by atoms with Gasteiger partial charge in [0.25, 0.3) is 0 Å². The first-order valence-corrected chi connectivity index (χ1v) is 5.18. The molecule has 13 heavy (non-hydrogen) atoms. The van der Waals surface area contributed by atoms with Crippen molar-refractivity contribution in [2.45, 2.75) is 12.8 Å². The largest absolute Gasteiger partial charge is 0.148 e. The molecule has 2 rings (SSSR count). The van der Waals surface area contributed by atoms with Gasteiger partial charge in [-0.3, -0.25) is 0 Å². The van der Waals surface area contributed by atoms with E-state index in [0.717, 1.165) is 12.8 Å². The van der Waals surface area contributed by atoms with Crippen LogP contribution in [0, 0.1) is 12.3 Å². The van der Waals surface area contributed by atoms with Crippen LogP contribution in [0.2, 0.25) is 0 Å². The van der Waals surface area contributed by atoms with Crippen molar-refractivity contribution in [3.63, 3.8) is 0 Å². The number of hydrogen-bond donors (Lipinski definition) is 0. The van der Waals surface area contributed by atoms with Crippen molar-refractivity contribution in [1.29, 1.82) is 0 Å². The number of fused-ring (bicyclic) bond motifs is 1. The van der Waals surface area contributed by atoms with Crippen LogP contribution < -0.4 is 0 Å². The van der Waals surface area contributed by atoms with E-state index in [1.165, 1.54) is 15.6 Å². The van der Waals surface area contributed by atoms with E-state index in [-0.39, 0.29) is 0 Å². The van der Waals surface area contributed by atoms with Crippen molar-refractivity contribution < 1.29 is 0 Å². The van der Waals surface area contributed by atoms with E-state index in [4.69, 9.17) is 6.42 Å². The lowest BCUT2D eigenvalue weighted by molar-refractivity contribution is 1.07. The van der Waals surface area contributed by atoms with Crippen molar-refractivity contribution in [3.8, 4) is 12.3 Å². The minimum absolute atomic E-state index is 0.838. The van der Waals surface area contributed by atoms with Crippen LogP contribution >= 0.6 is 11.3 Å². The van der Waals surface area contributed by atoms with Crippen LogP contribution in [0.1, 0.15) is 11.3 Å². The molecule has 0 N–H and O–H groups in total. The van der Waals surface area contributed by atoms with Crippen molar-refractivity contribution in [1.82, 2.24) is 0 Å². The van der Waals surface area contributed by atoms with Gasteiger partial charge in [0.05, 0.1) is 0 Å². The second kappa shape index (κ2) is 3.64. The summed E-state index contributed by atoms with van der Waals surface area (Å²) in [6, 6.07) is 8.46. The third kappa shape index (κ3) is 1.59. The summed E-state index contributed by atoms with van der Waals surface area (Å²) in [5.74, 6) is 2.68. The van der Waals surface area contributed by atoms with Gasteiger partial charge < -0.3 is 0 Å². The maximum atomic E-state index is 5.24. The summed E-state index contributed by atoms with van der Waals surface area (Å²) in [7, 11) is 0. The molecule has 0 fully saturated rings. The number of terminal acetylenes is 1. The molecular weight excluding hydrogens is 176 g/mol. The fourth-order valence-electron chi connectivity index (χ4n) is 1.43. The molecule has 0 nitrogen and oxygen atoms in total. The molecule has 2 aromatic rings. The zero-order valence-electron chi connectivity index (χ0n) is 7.29. The number of aryl methyl sites for hydroxylation is 1. The fourth-order valence-corrected chi connectivity index (χ4v) is 2.44. The number of rotatable bonds is 2. The Hall–Kier alpha value is -1.26. The van der Waals surface area contributed by atoms with Crippen LogP contribution in [0.25, 0.3) is 10.8 Å². The third-order valence-electron chi connectivity index (χ3n) is 2.09. The van der Waals surface area contributed by atoms with Gasteiger partial charge >= 0.3 is 0 Å². The van der Waals surface area contributed by atoms with Gasteiger partial charge in [-0.2, -0.15) is 0 Å². The topological polar surface area (TPSA) is 0 Å². The van der Waals surface area contributed by atoms with Crippen LogP contribution in [0.5, 0.6) is 0 Å². The summed E-state index contributed by atoms with van der Waals surface area (Å²) in [5, 5.41) is 4.89. The van der Waals surface area contributed by atoms with E-state index in [0.29, 0.717) is 0 Å². The molecule has 1 aromatic carbocycles. The van der Waals surface area contributed by atoms with Crippen LogP contribution in [-0.4, -0.2) is 0 Å². The van der Waals surface area contributed by atoms with Gasteiger partial charge in [-0.25, -0.2) is 0 Å². The third-order valence-corrected chi connectivity index (χ3v) is 3.17. The van der Waals surface area contributed by atoms with Gasteiger partial charge in [0.1, 0.15) is 0 Å². The Kier molecular flexibility index (Phi) is 2.33. The first kappa shape index (κ1) is 8.34. The van der Waals surface area contributed by atoms with E-state index < -0.39 is 0 Å². The molecule has 0 spiro atoms. The molecule has 1 heterocycles. The van der Waals surface area contributed by atoms with E-state index in [1.807, 2.05) is 11.3 Å². The van der Waals surface area contributed by atoms with E-state index in [9.17, 15) is 0 Å². The SMILES string of the molecule is C#CCCc1scc2ccccc12. The molecule has 0 unspecified atom stereocenters. The second-order valence-corrected chi connectivity index (χ2v) is 3.91. The molecule has 1 heteroatoms. The molecule has 0 bridgehead atoms. The Labute approximate surface area is 82.2 Å². The summed E-state index contributed by atoms with van der Waals surface area (Å²) in [4.78, 5) is 1.41. The molecule has 0 aliphatic carbocycles. The molecule has 0 amide bonds. The van der Waals surface area contributed by atoms with E-state index in [2.05, 4.69) is 35.6 Å². The molecule has 0 saturated heterocycles. The predicted molar refractivity (Wildman–Crippen MR) is 59.0 cm³/mol. The Morgan fingerprint density at radius 1 is 1.31 bits per heavy atom. The molecule has 64 valence electrons. The van der Waals surface area contributed by atoms with Crippen LogP contribution in [-0.2, 0) is 6.42 Å². The highest BCUT2D eigenvalue weighted by molar-refractivity contribution is 7.11. The molecule has 0 saturated carbocycles. The highest BCUT2D eigenvalue weighted by Crippen LogP contribution is 2.26. The average molecular weight is 186 g/mol. The lowest BCUT2D eigenvalue weighted by atomic mass is 10.1. The first-order valence-electron chi connectivity index (χ1n) is 4.30. The van der Waals surface area contributed by atoms with E-state index >= 15 is 0 Å². The van der Waals surface area contributed by atoms with Crippen molar-refractivity contribution >= 4 is 22.1 Å². The molecule has 0 aliphatic rings. The highest BCUT2D eigenvalue weighted by Gasteiger charge is 2.01. The predicted octanol–water partition coefficient (Wildman–Crippen LogP) is 3.47. The minimum atomic E-state index is 0.838. The van der Waals surface area contributed by atoms with Gasteiger partial charge in [0.15, 0.2) is 0 Å². The lowest BCUT2D eigenvalue weighted by Gasteiger charge is -1.93. The van der Waals surface area contributed by atoms with Crippen molar-refractivity contribution in [2.75, 3.05) is 0 Å². The summed E-state index contributed by atoms with van der Waals surface area (Å²) in [6.45, 7) is 0. The Morgan fingerprint density at radius 2 is 2.15 bits per heavy atom. The summed E-state index contributed by atoms with van der Waals surface area (Å²) < 4.78 is 0. The summed E-state index contributed by atoms with van der Waals surface area (Å²) in [6.07, 6.45) is 7.09. The number of benzene rings is 1. The Morgan fingerprint density at radius 3 is 3.00 bits per heavy atom. The quantitative estimate of drug-likeness (QED) is 0.630. The first-order chi connectivity index (χ1) is 6.42. The van der Waals surface area contributed by atoms with Crippen LogP contribution in [0.3, 0.4) is 0 Å². The lowest BCUT2D eigenvalue weighted by Crippen LogP contribution is -1.77. The molecular formula is C12H10S.